The van der Waals surface area contributed by atoms with E-state index in [9.17, 15) is 0 Å². The molecule has 0 saturated heterocycles. The van der Waals surface area contributed by atoms with E-state index in [1.165, 1.54) is 89.0 Å². The van der Waals surface area contributed by atoms with Crippen LogP contribution < -0.4 is 4.90 Å². The van der Waals surface area contributed by atoms with Gasteiger partial charge in [-0.1, -0.05) is 201 Å². The van der Waals surface area contributed by atoms with Crippen LogP contribution >= 0.6 is 0 Å². The highest BCUT2D eigenvalue weighted by atomic mass is 16.3. The third-order valence-electron chi connectivity index (χ3n) is 15.8. The van der Waals surface area contributed by atoms with Crippen LogP contribution in [-0.4, -0.2) is 0 Å². The van der Waals surface area contributed by atoms with Gasteiger partial charge in [-0.3, -0.25) is 0 Å². The molecule has 0 unspecified atom stereocenters. The maximum atomic E-state index is 6.47. The molecule has 9 aromatic carbocycles. The number of para-hydroxylation sites is 2. The zero-order chi connectivity index (χ0) is 46.5. The van der Waals surface area contributed by atoms with Crippen molar-refractivity contribution in [2.75, 3.05) is 4.90 Å². The van der Waals surface area contributed by atoms with Crippen molar-refractivity contribution in [1.29, 1.82) is 0 Å². The van der Waals surface area contributed by atoms with Crippen LogP contribution in [0.2, 0.25) is 0 Å². The molecule has 1 heterocycles. The molecule has 0 N–H and O–H groups in total. The van der Waals surface area contributed by atoms with Crippen LogP contribution in [0.4, 0.5) is 17.1 Å². The Morgan fingerprint density at radius 3 is 1.57 bits per heavy atom. The molecule has 2 nitrogen and oxygen atoms in total. The van der Waals surface area contributed by atoms with Crippen LogP contribution in [0.15, 0.2) is 192 Å². The van der Waals surface area contributed by atoms with E-state index in [4.69, 9.17) is 4.42 Å². The van der Waals surface area contributed by atoms with Crippen LogP contribution in [0.1, 0.15) is 99.9 Å². The highest BCUT2D eigenvalue weighted by Gasteiger charge is 2.52. The Balaban J connectivity index is 1.12. The predicted molar refractivity (Wildman–Crippen MR) is 285 cm³/mol. The normalized spacial score (nSPS) is 14.7. The van der Waals surface area contributed by atoms with E-state index in [0.29, 0.717) is 0 Å². The third-order valence-corrected chi connectivity index (χ3v) is 15.8. The summed E-state index contributed by atoms with van der Waals surface area (Å²) in [6.07, 6.45) is 0. The lowest BCUT2D eigenvalue weighted by Crippen LogP contribution is -2.27. The van der Waals surface area contributed by atoms with Crippen LogP contribution in [0, 0.1) is 0 Å². The Labute approximate surface area is 400 Å². The lowest BCUT2D eigenvalue weighted by atomic mass is 9.68. The Hall–Kier alpha value is -7.42. The first-order valence-corrected chi connectivity index (χ1v) is 24.3. The van der Waals surface area contributed by atoms with Crippen molar-refractivity contribution in [3.05, 3.63) is 233 Å². The molecule has 0 bridgehead atoms. The van der Waals surface area contributed by atoms with Crippen LogP contribution in [0.5, 0.6) is 0 Å². The minimum Gasteiger partial charge on any atom is -0.456 e. The molecule has 0 aliphatic heterocycles. The highest BCUT2D eigenvalue weighted by Crippen LogP contribution is 2.64. The largest absolute Gasteiger partial charge is 0.456 e. The summed E-state index contributed by atoms with van der Waals surface area (Å²) in [4.78, 5) is 2.52. The lowest BCUT2D eigenvalue weighted by Gasteiger charge is -2.34. The Bertz CT molecular complexity index is 3690. The molecule has 0 saturated carbocycles. The van der Waals surface area contributed by atoms with E-state index in [1.807, 2.05) is 0 Å². The minimum atomic E-state index is -0.541. The molecule has 1 spiro atoms. The monoisotopic (exact) mass is 877 g/mol. The zero-order valence-corrected chi connectivity index (χ0v) is 40.3. The van der Waals surface area contributed by atoms with E-state index in [-0.39, 0.29) is 16.2 Å². The fraction of sp³-hybridized carbons (Fsp3) is 0.182. The van der Waals surface area contributed by atoms with E-state index in [1.54, 1.807) is 0 Å². The van der Waals surface area contributed by atoms with Gasteiger partial charge in [-0.25, -0.2) is 0 Å². The summed E-state index contributed by atoms with van der Waals surface area (Å²) >= 11 is 0. The molecule has 330 valence electrons. The van der Waals surface area contributed by atoms with Gasteiger partial charge in [0.1, 0.15) is 11.2 Å². The van der Waals surface area contributed by atoms with Crippen LogP contribution in [0.25, 0.3) is 66.4 Å². The Kier molecular flexibility index (Phi) is 8.44. The predicted octanol–water partition coefficient (Wildman–Crippen LogP) is 18.0. The average molecular weight is 878 g/mol. The van der Waals surface area contributed by atoms with Gasteiger partial charge >= 0.3 is 0 Å². The first-order valence-electron chi connectivity index (χ1n) is 24.3. The van der Waals surface area contributed by atoms with Gasteiger partial charge in [0.25, 0.3) is 0 Å². The molecule has 0 atom stereocenters. The minimum absolute atomic E-state index is 0.0336. The second-order valence-electron chi connectivity index (χ2n) is 22.1. The van der Waals surface area contributed by atoms with Gasteiger partial charge in [-0.15, -0.1) is 0 Å². The van der Waals surface area contributed by atoms with Crippen molar-refractivity contribution >= 4 is 39.0 Å². The number of rotatable bonds is 4. The number of anilines is 3. The number of nitrogens with zero attached hydrogens (tertiary/aromatic N) is 1. The van der Waals surface area contributed by atoms with Crippen molar-refractivity contribution in [3.8, 4) is 44.5 Å². The number of furan rings is 1. The zero-order valence-electron chi connectivity index (χ0n) is 40.3. The molecule has 2 heteroatoms. The summed E-state index contributed by atoms with van der Waals surface area (Å²) in [5, 5.41) is 2.22. The third kappa shape index (κ3) is 5.58. The van der Waals surface area contributed by atoms with E-state index >= 15 is 0 Å². The summed E-state index contributed by atoms with van der Waals surface area (Å²) in [5.41, 5.74) is 25.5. The van der Waals surface area contributed by atoms with Gasteiger partial charge in [-0.2, -0.15) is 0 Å². The molecule has 0 radical (unpaired) electrons. The summed E-state index contributed by atoms with van der Waals surface area (Å²) in [7, 11) is 0. The lowest BCUT2D eigenvalue weighted by molar-refractivity contribution is 0.586. The fourth-order valence-electron chi connectivity index (χ4n) is 12.4. The van der Waals surface area contributed by atoms with Gasteiger partial charge < -0.3 is 9.32 Å². The average Bonchev–Trinajstić information content (AvgIpc) is 4.02. The second-order valence-corrected chi connectivity index (χ2v) is 22.1. The van der Waals surface area contributed by atoms with E-state index < -0.39 is 5.41 Å². The number of benzene rings is 9. The molecule has 68 heavy (non-hydrogen) atoms. The van der Waals surface area contributed by atoms with E-state index in [2.05, 4.69) is 248 Å². The van der Waals surface area contributed by atoms with Crippen molar-refractivity contribution in [2.24, 2.45) is 0 Å². The second kappa shape index (κ2) is 14.1. The smallest absolute Gasteiger partial charge is 0.135 e. The van der Waals surface area contributed by atoms with Gasteiger partial charge in [0.05, 0.1) is 11.1 Å². The summed E-state index contributed by atoms with van der Waals surface area (Å²) < 4.78 is 6.47. The van der Waals surface area contributed by atoms with Crippen LogP contribution in [0.3, 0.4) is 0 Å². The SMILES string of the molecule is CC(C)(C)c1ccc2c(c1)C1(c3ccccc3-c3ccc(N(c4ccc5oc6ccccc6c5c4)c4ccccc4-c4cccc5c4-c4ccccc4C5(C)C)cc31)c1cc(C(C)(C)C)ccc1-2. The first kappa shape index (κ1) is 40.8. The van der Waals surface area contributed by atoms with Gasteiger partial charge in [0.2, 0.25) is 0 Å². The first-order chi connectivity index (χ1) is 32.7. The summed E-state index contributed by atoms with van der Waals surface area (Å²) in [6.45, 7) is 18.8. The van der Waals surface area contributed by atoms with E-state index in [0.717, 1.165) is 39.0 Å². The van der Waals surface area contributed by atoms with Crippen LogP contribution in [-0.2, 0) is 21.7 Å². The number of fused-ring (bicyclic) bond motifs is 16. The van der Waals surface area contributed by atoms with Crippen molar-refractivity contribution < 1.29 is 4.42 Å². The van der Waals surface area contributed by atoms with Gasteiger partial charge in [-0.05, 0) is 137 Å². The molecule has 3 aliphatic rings. The van der Waals surface area contributed by atoms with Crippen molar-refractivity contribution in [1.82, 2.24) is 0 Å². The Morgan fingerprint density at radius 1 is 0.368 bits per heavy atom. The molecule has 0 fully saturated rings. The molecule has 13 rings (SSSR count). The molecule has 3 aliphatic carbocycles. The fourth-order valence-corrected chi connectivity index (χ4v) is 12.4. The molecular formula is C66H55NO. The maximum absolute atomic E-state index is 6.47. The number of hydrogen-bond donors (Lipinski definition) is 0. The number of hydrogen-bond acceptors (Lipinski definition) is 2. The molecule has 10 aromatic rings. The summed E-state index contributed by atoms with van der Waals surface area (Å²) in [5.74, 6) is 0. The van der Waals surface area contributed by atoms with Gasteiger partial charge in [0, 0.05) is 33.1 Å². The maximum Gasteiger partial charge on any atom is 0.135 e. The highest BCUT2D eigenvalue weighted by molar-refractivity contribution is 6.07. The van der Waals surface area contributed by atoms with Crippen molar-refractivity contribution in [3.63, 3.8) is 0 Å². The molecule has 0 amide bonds. The standard InChI is InChI=1S/C66H55NO/c1-63(2,3)40-28-32-45-46-33-29-41(64(4,5)6)37-57(46)66(56(45)36-40)54-24-14-9-18-44(54)47-34-30-43(39-58(47)66)67(42-31-35-61-52(38-42)49-20-12-16-27-60(49)68-61)59-26-15-11-19-48(59)50-22-17-25-55-62(50)51-21-10-13-23-53(51)65(55,7)8/h9-39H,1-8H3. The van der Waals surface area contributed by atoms with Gasteiger partial charge in [0.15, 0.2) is 0 Å². The topological polar surface area (TPSA) is 16.4 Å². The molecule has 1 aromatic heterocycles. The quantitative estimate of drug-likeness (QED) is 0.175. The summed E-state index contributed by atoms with van der Waals surface area (Å²) in [6, 6.07) is 71.4. The van der Waals surface area contributed by atoms with Crippen molar-refractivity contribution in [2.45, 2.75) is 77.0 Å². The molecular weight excluding hydrogens is 823 g/mol. The Morgan fingerprint density at radius 2 is 0.868 bits per heavy atom.